The predicted molar refractivity (Wildman–Crippen MR) is 88.8 cm³/mol. The minimum atomic E-state index is -0.463. The van der Waals surface area contributed by atoms with Crippen molar-refractivity contribution in [2.75, 3.05) is 7.05 Å². The summed E-state index contributed by atoms with van der Waals surface area (Å²) in [6.45, 7) is 3.63. The molecule has 1 aromatic carbocycles. The number of carbonyl (C=O) groups is 1. The van der Waals surface area contributed by atoms with E-state index in [0.717, 1.165) is 12.8 Å². The fraction of sp³-hybridized carbons (Fsp3) is 0.389. The van der Waals surface area contributed by atoms with Crippen molar-refractivity contribution < 1.29 is 9.18 Å². The van der Waals surface area contributed by atoms with Gasteiger partial charge in [-0.25, -0.2) is 9.07 Å². The van der Waals surface area contributed by atoms with Gasteiger partial charge >= 0.3 is 0 Å². The lowest BCUT2D eigenvalue weighted by Gasteiger charge is -2.24. The molecule has 1 amide bonds. The van der Waals surface area contributed by atoms with Crippen molar-refractivity contribution in [2.24, 2.45) is 5.92 Å². The summed E-state index contributed by atoms with van der Waals surface area (Å²) in [5.41, 5.74) is 0.0558. The van der Waals surface area contributed by atoms with Crippen LogP contribution in [0.5, 0.6) is 0 Å². The molecule has 126 valence electrons. The number of para-hydroxylation sites is 1. The second kappa shape index (κ2) is 6.19. The molecule has 1 aliphatic rings. The lowest BCUT2D eigenvalue weighted by Crippen LogP contribution is -2.40. The maximum Gasteiger partial charge on any atom is 0.278 e. The van der Waals surface area contributed by atoms with Crippen LogP contribution >= 0.6 is 0 Å². The van der Waals surface area contributed by atoms with Crippen molar-refractivity contribution in [3.8, 4) is 5.69 Å². The van der Waals surface area contributed by atoms with Crippen molar-refractivity contribution in [3.05, 3.63) is 57.8 Å². The van der Waals surface area contributed by atoms with Crippen molar-refractivity contribution in [1.82, 2.24) is 14.7 Å². The summed E-state index contributed by atoms with van der Waals surface area (Å²) in [5, 5.41) is 4.16. The standard InChI is InChI=1S/C18H20FN3O2/c1-11-10-16(23)17(18(24)21(3)12(2)13-8-9-13)20-22(11)15-7-5-4-6-14(15)19/h4-7,10,12-13H,8-9H2,1-3H3. The van der Waals surface area contributed by atoms with Crippen LogP contribution < -0.4 is 5.43 Å². The minimum absolute atomic E-state index is 0.0573. The van der Waals surface area contributed by atoms with Gasteiger partial charge in [0.15, 0.2) is 5.69 Å². The largest absolute Gasteiger partial charge is 0.337 e. The third-order valence-corrected chi connectivity index (χ3v) is 4.63. The molecule has 1 saturated carbocycles. The van der Waals surface area contributed by atoms with Gasteiger partial charge in [-0.2, -0.15) is 5.10 Å². The second-order valence-electron chi connectivity index (χ2n) is 6.36. The third-order valence-electron chi connectivity index (χ3n) is 4.63. The number of hydrogen-bond donors (Lipinski definition) is 0. The Morgan fingerprint density at radius 3 is 2.67 bits per heavy atom. The van der Waals surface area contributed by atoms with E-state index in [1.165, 1.54) is 16.8 Å². The average Bonchev–Trinajstić information content (AvgIpc) is 3.39. The molecular formula is C18H20FN3O2. The van der Waals surface area contributed by atoms with E-state index < -0.39 is 17.2 Å². The molecule has 5 nitrogen and oxygen atoms in total. The summed E-state index contributed by atoms with van der Waals surface area (Å²) in [4.78, 5) is 26.5. The van der Waals surface area contributed by atoms with E-state index in [1.807, 2.05) is 6.92 Å². The summed E-state index contributed by atoms with van der Waals surface area (Å²) < 4.78 is 15.4. The zero-order valence-electron chi connectivity index (χ0n) is 14.0. The number of aryl methyl sites for hydroxylation is 1. The molecule has 1 unspecified atom stereocenters. The molecule has 1 aliphatic carbocycles. The van der Waals surface area contributed by atoms with Gasteiger partial charge in [0, 0.05) is 24.8 Å². The van der Waals surface area contributed by atoms with Crippen LogP contribution in [0.15, 0.2) is 35.1 Å². The van der Waals surface area contributed by atoms with E-state index in [1.54, 1.807) is 37.1 Å². The first-order chi connectivity index (χ1) is 11.4. The van der Waals surface area contributed by atoms with Crippen LogP contribution in [-0.2, 0) is 0 Å². The molecule has 0 bridgehead atoms. The van der Waals surface area contributed by atoms with E-state index in [9.17, 15) is 14.0 Å². The highest BCUT2D eigenvalue weighted by Crippen LogP contribution is 2.34. The lowest BCUT2D eigenvalue weighted by molar-refractivity contribution is 0.0718. The first-order valence-electron chi connectivity index (χ1n) is 8.03. The Hall–Kier alpha value is -2.50. The second-order valence-corrected chi connectivity index (χ2v) is 6.36. The molecule has 6 heteroatoms. The zero-order chi connectivity index (χ0) is 17.4. The molecule has 1 atom stereocenters. The molecule has 1 heterocycles. The Labute approximate surface area is 139 Å². The van der Waals surface area contributed by atoms with Gasteiger partial charge < -0.3 is 4.90 Å². The molecule has 0 aliphatic heterocycles. The highest BCUT2D eigenvalue weighted by molar-refractivity contribution is 5.92. The molecule has 0 spiro atoms. The third kappa shape index (κ3) is 2.96. The highest BCUT2D eigenvalue weighted by Gasteiger charge is 2.34. The Kier molecular flexibility index (Phi) is 4.22. The van der Waals surface area contributed by atoms with E-state index in [2.05, 4.69) is 5.10 Å². The normalized spacial score (nSPS) is 15.2. The topological polar surface area (TPSA) is 55.2 Å². The monoisotopic (exact) mass is 329 g/mol. The number of hydrogen-bond acceptors (Lipinski definition) is 3. The van der Waals surface area contributed by atoms with E-state index in [4.69, 9.17) is 0 Å². The number of rotatable bonds is 4. The summed E-state index contributed by atoms with van der Waals surface area (Å²) in [5.74, 6) is -0.405. The van der Waals surface area contributed by atoms with Gasteiger partial charge in [0.05, 0.1) is 0 Å². The van der Waals surface area contributed by atoms with Crippen LogP contribution in [-0.4, -0.2) is 33.7 Å². The van der Waals surface area contributed by atoms with Gasteiger partial charge in [0.2, 0.25) is 5.43 Å². The molecule has 1 aromatic heterocycles. The lowest BCUT2D eigenvalue weighted by atomic mass is 10.2. The number of benzene rings is 1. The van der Waals surface area contributed by atoms with Crippen LogP contribution in [0, 0.1) is 18.7 Å². The highest BCUT2D eigenvalue weighted by atomic mass is 19.1. The summed E-state index contributed by atoms with van der Waals surface area (Å²) >= 11 is 0. The van der Waals surface area contributed by atoms with Crippen molar-refractivity contribution >= 4 is 5.91 Å². The fourth-order valence-corrected chi connectivity index (χ4v) is 2.81. The van der Waals surface area contributed by atoms with Crippen molar-refractivity contribution in [1.29, 1.82) is 0 Å². The summed E-state index contributed by atoms with van der Waals surface area (Å²) in [6, 6.07) is 7.51. The van der Waals surface area contributed by atoms with Gasteiger partial charge in [-0.3, -0.25) is 9.59 Å². The molecule has 0 saturated heterocycles. The van der Waals surface area contributed by atoms with Gasteiger partial charge in [0.25, 0.3) is 5.91 Å². The van der Waals surface area contributed by atoms with Gasteiger partial charge in [-0.15, -0.1) is 0 Å². The fourth-order valence-electron chi connectivity index (χ4n) is 2.81. The molecule has 0 N–H and O–H groups in total. The first kappa shape index (κ1) is 16.4. The predicted octanol–water partition coefficient (Wildman–Crippen LogP) is 2.55. The molecule has 0 radical (unpaired) electrons. The minimum Gasteiger partial charge on any atom is -0.337 e. The van der Waals surface area contributed by atoms with E-state index >= 15 is 0 Å². The Morgan fingerprint density at radius 2 is 2.04 bits per heavy atom. The number of amides is 1. The van der Waals surface area contributed by atoms with Gasteiger partial charge in [-0.1, -0.05) is 12.1 Å². The number of nitrogens with zero attached hydrogens (tertiary/aromatic N) is 3. The molecule has 2 aromatic rings. The maximum atomic E-state index is 14.1. The Balaban J connectivity index is 2.03. The van der Waals surface area contributed by atoms with Crippen LogP contribution in [0.4, 0.5) is 4.39 Å². The molecule has 1 fully saturated rings. The molecule has 3 rings (SSSR count). The number of halogens is 1. The quantitative estimate of drug-likeness (QED) is 0.866. The number of carbonyl (C=O) groups excluding carboxylic acids is 1. The zero-order valence-corrected chi connectivity index (χ0v) is 14.0. The number of aromatic nitrogens is 2. The van der Waals surface area contributed by atoms with Crippen molar-refractivity contribution in [2.45, 2.75) is 32.7 Å². The Bertz CT molecular complexity index is 842. The van der Waals surface area contributed by atoms with E-state index in [-0.39, 0.29) is 17.4 Å². The molecule has 24 heavy (non-hydrogen) atoms. The summed E-state index contributed by atoms with van der Waals surface area (Å²) in [7, 11) is 1.68. The van der Waals surface area contributed by atoms with Crippen LogP contribution in [0.25, 0.3) is 5.69 Å². The van der Waals surface area contributed by atoms with Gasteiger partial charge in [-0.05, 0) is 44.7 Å². The first-order valence-corrected chi connectivity index (χ1v) is 8.03. The Morgan fingerprint density at radius 1 is 1.38 bits per heavy atom. The SMILES string of the molecule is Cc1cc(=O)c(C(=O)N(C)C(C)C2CC2)nn1-c1ccccc1F. The van der Waals surface area contributed by atoms with Crippen LogP contribution in [0.1, 0.15) is 35.9 Å². The van der Waals surface area contributed by atoms with Gasteiger partial charge in [0.1, 0.15) is 11.5 Å². The summed E-state index contributed by atoms with van der Waals surface area (Å²) in [6.07, 6.45) is 2.19. The average molecular weight is 329 g/mol. The van der Waals surface area contributed by atoms with E-state index in [0.29, 0.717) is 11.6 Å². The van der Waals surface area contributed by atoms with Crippen molar-refractivity contribution in [3.63, 3.8) is 0 Å². The maximum absolute atomic E-state index is 14.1. The van der Waals surface area contributed by atoms with Crippen LogP contribution in [0.2, 0.25) is 0 Å². The smallest absolute Gasteiger partial charge is 0.278 e. The van der Waals surface area contributed by atoms with Crippen LogP contribution in [0.3, 0.4) is 0 Å². The molecular weight excluding hydrogens is 309 g/mol.